The summed E-state index contributed by atoms with van der Waals surface area (Å²) in [6, 6.07) is 15.3. The summed E-state index contributed by atoms with van der Waals surface area (Å²) < 4.78 is 6.86. The van der Waals surface area contributed by atoms with E-state index in [-0.39, 0.29) is 18.4 Å². The van der Waals surface area contributed by atoms with E-state index in [0.717, 1.165) is 15.8 Å². The predicted octanol–water partition coefficient (Wildman–Crippen LogP) is 4.25. The molecular formula is C21H18BrN3O3S. The molecule has 2 amide bonds. The second-order valence-electron chi connectivity index (χ2n) is 6.63. The molecule has 0 saturated heterocycles. The third-order valence-corrected chi connectivity index (χ3v) is 5.96. The summed E-state index contributed by atoms with van der Waals surface area (Å²) in [4.78, 5) is 31.7. The Morgan fingerprint density at radius 1 is 1.24 bits per heavy atom. The fourth-order valence-electron chi connectivity index (χ4n) is 3.11. The number of anilines is 2. The number of nitrogens with one attached hydrogen (secondary N) is 1. The number of ether oxygens (including phenoxy) is 1. The van der Waals surface area contributed by atoms with Gasteiger partial charge in [0.1, 0.15) is 5.75 Å². The first-order valence-corrected chi connectivity index (χ1v) is 10.6. The first-order chi connectivity index (χ1) is 14.0. The number of carbonyl (C=O) groups is 2. The number of benzene rings is 2. The van der Waals surface area contributed by atoms with E-state index < -0.39 is 6.10 Å². The van der Waals surface area contributed by atoms with Gasteiger partial charge in [-0.1, -0.05) is 40.2 Å². The zero-order valence-corrected chi connectivity index (χ0v) is 18.0. The fraction of sp³-hybridized carbons (Fsp3) is 0.190. The normalized spacial score (nSPS) is 15.4. The van der Waals surface area contributed by atoms with Crippen LogP contribution in [0.1, 0.15) is 17.4 Å². The van der Waals surface area contributed by atoms with Crippen molar-refractivity contribution in [3.63, 3.8) is 0 Å². The van der Waals surface area contributed by atoms with Gasteiger partial charge in [0, 0.05) is 28.9 Å². The number of hydrogen-bond donors (Lipinski definition) is 1. The highest BCUT2D eigenvalue weighted by atomic mass is 79.9. The van der Waals surface area contributed by atoms with Gasteiger partial charge < -0.3 is 9.64 Å². The summed E-state index contributed by atoms with van der Waals surface area (Å²) in [5.41, 5.74) is 1.84. The molecule has 29 heavy (non-hydrogen) atoms. The smallest absolute Gasteiger partial charge is 0.269 e. The van der Waals surface area contributed by atoms with Crippen LogP contribution in [0.5, 0.6) is 5.75 Å². The summed E-state index contributed by atoms with van der Waals surface area (Å²) in [7, 11) is 0. The lowest BCUT2D eigenvalue weighted by molar-refractivity contribution is -0.123. The van der Waals surface area contributed by atoms with Crippen molar-refractivity contribution in [2.75, 3.05) is 16.8 Å². The Hall–Kier alpha value is -2.71. The lowest BCUT2D eigenvalue weighted by atomic mass is 10.1. The maximum absolute atomic E-state index is 12.7. The SMILES string of the molecule is CC(=O)N1CC(C(=O)Nc2ncc(Cc3ccc(Br)cc3)s2)Oc2ccccc21. The molecule has 8 heteroatoms. The molecule has 4 rings (SSSR count). The highest BCUT2D eigenvalue weighted by Crippen LogP contribution is 2.33. The van der Waals surface area contributed by atoms with Crippen LogP contribution < -0.4 is 15.0 Å². The zero-order chi connectivity index (χ0) is 20.4. The number of aromatic nitrogens is 1. The molecule has 1 aliphatic rings. The van der Waals surface area contributed by atoms with Crippen LogP contribution in [-0.4, -0.2) is 29.4 Å². The molecular weight excluding hydrogens is 454 g/mol. The number of carbonyl (C=O) groups excluding carboxylic acids is 2. The molecule has 0 spiro atoms. The average Bonchev–Trinajstić information content (AvgIpc) is 3.15. The quantitative estimate of drug-likeness (QED) is 0.617. The fourth-order valence-corrected chi connectivity index (χ4v) is 4.22. The van der Waals surface area contributed by atoms with E-state index in [1.165, 1.54) is 23.8 Å². The molecule has 1 unspecified atom stereocenters. The summed E-state index contributed by atoms with van der Waals surface area (Å²) >= 11 is 4.86. The van der Waals surface area contributed by atoms with Crippen LogP contribution in [-0.2, 0) is 16.0 Å². The van der Waals surface area contributed by atoms with Crippen molar-refractivity contribution >= 4 is 49.9 Å². The summed E-state index contributed by atoms with van der Waals surface area (Å²) in [6.45, 7) is 1.64. The standard InChI is InChI=1S/C21H18BrN3O3S/c1-13(26)25-12-19(28-18-5-3-2-4-17(18)25)20(27)24-21-23-11-16(29-21)10-14-6-8-15(22)9-7-14/h2-9,11,19H,10,12H2,1H3,(H,23,24,27). The van der Waals surface area contributed by atoms with Gasteiger partial charge in [0.2, 0.25) is 5.91 Å². The Balaban J connectivity index is 1.44. The van der Waals surface area contributed by atoms with Gasteiger partial charge in [-0.2, -0.15) is 0 Å². The summed E-state index contributed by atoms with van der Waals surface area (Å²) in [6.07, 6.45) is 1.71. The number of halogens is 1. The Bertz CT molecular complexity index is 1050. The average molecular weight is 472 g/mol. The Labute approximate surface area is 180 Å². The van der Waals surface area contributed by atoms with E-state index in [9.17, 15) is 9.59 Å². The zero-order valence-electron chi connectivity index (χ0n) is 15.6. The lowest BCUT2D eigenvalue weighted by Gasteiger charge is -2.33. The van der Waals surface area contributed by atoms with Crippen LogP contribution in [0.3, 0.4) is 0 Å². The minimum Gasteiger partial charge on any atom is -0.476 e. The van der Waals surface area contributed by atoms with Gasteiger partial charge >= 0.3 is 0 Å². The van der Waals surface area contributed by atoms with Crippen LogP contribution in [0.4, 0.5) is 10.8 Å². The molecule has 1 atom stereocenters. The molecule has 0 bridgehead atoms. The minimum absolute atomic E-state index is 0.135. The molecule has 2 heterocycles. The summed E-state index contributed by atoms with van der Waals surface area (Å²) in [5, 5.41) is 3.33. The number of hydrogen-bond acceptors (Lipinski definition) is 5. The van der Waals surface area contributed by atoms with Gasteiger partial charge in [-0.05, 0) is 29.8 Å². The summed E-state index contributed by atoms with van der Waals surface area (Å²) in [5.74, 6) is 0.0593. The van der Waals surface area contributed by atoms with Crippen molar-refractivity contribution in [3.8, 4) is 5.75 Å². The van der Waals surface area contributed by atoms with Gasteiger partial charge in [-0.15, -0.1) is 11.3 Å². The highest BCUT2D eigenvalue weighted by Gasteiger charge is 2.32. The van der Waals surface area contributed by atoms with Crippen molar-refractivity contribution < 1.29 is 14.3 Å². The molecule has 1 N–H and O–H groups in total. The van der Waals surface area contributed by atoms with Gasteiger partial charge in [0.15, 0.2) is 11.2 Å². The van der Waals surface area contributed by atoms with Crippen LogP contribution in [0.2, 0.25) is 0 Å². The number of amides is 2. The van der Waals surface area contributed by atoms with Gasteiger partial charge in [-0.3, -0.25) is 14.9 Å². The highest BCUT2D eigenvalue weighted by molar-refractivity contribution is 9.10. The second-order valence-corrected chi connectivity index (χ2v) is 8.66. The van der Waals surface area contributed by atoms with Crippen molar-refractivity contribution in [1.82, 2.24) is 4.98 Å². The minimum atomic E-state index is -0.798. The molecule has 3 aromatic rings. The molecule has 1 aliphatic heterocycles. The van der Waals surface area contributed by atoms with Gasteiger partial charge in [0.25, 0.3) is 5.91 Å². The number of rotatable bonds is 4. The third-order valence-electron chi connectivity index (χ3n) is 4.52. The van der Waals surface area contributed by atoms with E-state index in [0.29, 0.717) is 16.6 Å². The third kappa shape index (κ3) is 4.49. The molecule has 0 fully saturated rings. The number of para-hydroxylation sites is 2. The molecule has 0 saturated carbocycles. The molecule has 2 aromatic carbocycles. The van der Waals surface area contributed by atoms with E-state index in [2.05, 4.69) is 26.2 Å². The number of nitrogens with zero attached hydrogens (tertiary/aromatic N) is 2. The van der Waals surface area contributed by atoms with Crippen molar-refractivity contribution in [2.45, 2.75) is 19.4 Å². The largest absolute Gasteiger partial charge is 0.476 e. The van der Waals surface area contributed by atoms with Crippen molar-refractivity contribution in [1.29, 1.82) is 0 Å². The Kier molecular flexibility index (Phi) is 5.64. The number of fused-ring (bicyclic) bond motifs is 1. The van der Waals surface area contributed by atoms with Gasteiger partial charge in [0.05, 0.1) is 12.2 Å². The molecule has 0 radical (unpaired) electrons. The molecule has 148 valence electrons. The number of thiazole rings is 1. The maximum atomic E-state index is 12.7. The predicted molar refractivity (Wildman–Crippen MR) is 117 cm³/mol. The Morgan fingerprint density at radius 3 is 2.76 bits per heavy atom. The van der Waals surface area contributed by atoms with E-state index in [1.807, 2.05) is 36.4 Å². The molecule has 1 aromatic heterocycles. The van der Waals surface area contributed by atoms with Crippen LogP contribution in [0.25, 0.3) is 0 Å². The van der Waals surface area contributed by atoms with Crippen molar-refractivity contribution in [3.05, 3.63) is 69.6 Å². The lowest BCUT2D eigenvalue weighted by Crippen LogP contribution is -2.48. The molecule has 0 aliphatic carbocycles. The first kappa shape index (κ1) is 19.6. The van der Waals surface area contributed by atoms with E-state index in [4.69, 9.17) is 4.74 Å². The maximum Gasteiger partial charge on any atom is 0.269 e. The topological polar surface area (TPSA) is 71.5 Å². The van der Waals surface area contributed by atoms with Gasteiger partial charge in [-0.25, -0.2) is 4.98 Å². The van der Waals surface area contributed by atoms with Crippen LogP contribution >= 0.6 is 27.3 Å². The Morgan fingerprint density at radius 2 is 2.00 bits per heavy atom. The van der Waals surface area contributed by atoms with E-state index in [1.54, 1.807) is 23.2 Å². The van der Waals surface area contributed by atoms with E-state index >= 15 is 0 Å². The van der Waals surface area contributed by atoms with Crippen molar-refractivity contribution in [2.24, 2.45) is 0 Å². The van der Waals surface area contributed by atoms with Crippen LogP contribution in [0.15, 0.2) is 59.2 Å². The van der Waals surface area contributed by atoms with Crippen LogP contribution in [0, 0.1) is 0 Å². The molecule has 6 nitrogen and oxygen atoms in total. The second kappa shape index (κ2) is 8.34. The first-order valence-electron chi connectivity index (χ1n) is 9.03. The monoisotopic (exact) mass is 471 g/mol.